The van der Waals surface area contributed by atoms with E-state index in [0.717, 1.165) is 11.4 Å². The number of anilines is 2. The van der Waals surface area contributed by atoms with Gasteiger partial charge in [0.2, 0.25) is 0 Å². The minimum Gasteiger partial charge on any atom is -0.494 e. The van der Waals surface area contributed by atoms with Crippen molar-refractivity contribution in [2.45, 2.75) is 13.8 Å². The predicted molar refractivity (Wildman–Crippen MR) is 151 cm³/mol. The Balaban J connectivity index is 1.61. The number of carbonyl (C=O) groups is 2. The van der Waals surface area contributed by atoms with Crippen molar-refractivity contribution in [3.8, 4) is 11.5 Å². The Labute approximate surface area is 224 Å². The van der Waals surface area contributed by atoms with Crippen LogP contribution in [-0.2, 0) is 0 Å². The highest BCUT2D eigenvalue weighted by atomic mass is 16.5. The lowest BCUT2D eigenvalue weighted by molar-refractivity contribution is 0.0968. The zero-order valence-electron chi connectivity index (χ0n) is 21.7. The van der Waals surface area contributed by atoms with Crippen molar-refractivity contribution in [3.05, 3.63) is 120 Å². The lowest BCUT2D eigenvalue weighted by Gasteiger charge is -2.28. The summed E-state index contributed by atoms with van der Waals surface area (Å²) in [6, 6.07) is 33.3. The van der Waals surface area contributed by atoms with Crippen LogP contribution in [0.5, 0.6) is 11.5 Å². The molecular formula is C32H32N2O4. The molecule has 0 aliphatic heterocycles. The second kappa shape index (κ2) is 13.1. The summed E-state index contributed by atoms with van der Waals surface area (Å²) in [5.41, 5.74) is 2.60. The Morgan fingerprint density at radius 3 is 1.18 bits per heavy atom. The summed E-state index contributed by atoms with van der Waals surface area (Å²) in [6.45, 7) is 5.55. The van der Waals surface area contributed by atoms with Crippen LogP contribution in [0.3, 0.4) is 0 Å². The van der Waals surface area contributed by atoms with Gasteiger partial charge in [-0.25, -0.2) is 0 Å². The third-order valence-corrected chi connectivity index (χ3v) is 6.00. The molecule has 0 N–H and O–H groups in total. The van der Waals surface area contributed by atoms with E-state index in [2.05, 4.69) is 0 Å². The van der Waals surface area contributed by atoms with Crippen LogP contribution in [0.2, 0.25) is 0 Å². The largest absolute Gasteiger partial charge is 0.494 e. The molecule has 0 heterocycles. The fraction of sp³-hybridized carbons (Fsp3) is 0.188. The monoisotopic (exact) mass is 508 g/mol. The lowest BCUT2D eigenvalue weighted by atomic mass is 10.1. The van der Waals surface area contributed by atoms with E-state index in [9.17, 15) is 9.59 Å². The van der Waals surface area contributed by atoms with Gasteiger partial charge in [-0.05, 0) is 86.6 Å². The van der Waals surface area contributed by atoms with Crippen LogP contribution >= 0.6 is 0 Å². The van der Waals surface area contributed by atoms with Crippen molar-refractivity contribution in [2.24, 2.45) is 0 Å². The summed E-state index contributed by atoms with van der Waals surface area (Å²) in [5.74, 6) is 1.12. The number of hydrogen-bond donors (Lipinski definition) is 0. The van der Waals surface area contributed by atoms with E-state index in [4.69, 9.17) is 9.47 Å². The second-order valence-electron chi connectivity index (χ2n) is 8.50. The number of para-hydroxylation sites is 2. The number of amides is 2. The topological polar surface area (TPSA) is 59.1 Å². The molecule has 0 atom stereocenters. The van der Waals surface area contributed by atoms with Crippen LogP contribution < -0.4 is 19.3 Å². The van der Waals surface area contributed by atoms with Crippen molar-refractivity contribution in [2.75, 3.05) is 36.1 Å². The smallest absolute Gasteiger partial charge is 0.258 e. The van der Waals surface area contributed by atoms with E-state index >= 15 is 0 Å². The van der Waals surface area contributed by atoms with Gasteiger partial charge in [-0.3, -0.25) is 9.59 Å². The molecule has 0 saturated heterocycles. The molecule has 38 heavy (non-hydrogen) atoms. The quantitative estimate of drug-likeness (QED) is 0.233. The van der Waals surface area contributed by atoms with Gasteiger partial charge in [-0.15, -0.1) is 0 Å². The summed E-state index contributed by atoms with van der Waals surface area (Å²) in [7, 11) is 0. The first-order valence-electron chi connectivity index (χ1n) is 12.8. The second-order valence-corrected chi connectivity index (χ2v) is 8.50. The number of rotatable bonds is 11. The fourth-order valence-corrected chi connectivity index (χ4v) is 4.14. The van der Waals surface area contributed by atoms with E-state index < -0.39 is 0 Å². The number of hydrogen-bond acceptors (Lipinski definition) is 4. The molecule has 6 nitrogen and oxygen atoms in total. The average molecular weight is 509 g/mol. The maximum absolute atomic E-state index is 13.7. The van der Waals surface area contributed by atoms with E-state index in [0.29, 0.717) is 48.9 Å². The highest BCUT2D eigenvalue weighted by molar-refractivity contribution is 6.08. The van der Waals surface area contributed by atoms with Crippen LogP contribution in [-0.4, -0.2) is 38.1 Å². The van der Waals surface area contributed by atoms with E-state index in [1.54, 1.807) is 58.3 Å². The minimum atomic E-state index is -0.152. The Hall–Kier alpha value is -4.58. The molecule has 4 aromatic rings. The van der Waals surface area contributed by atoms with Crippen molar-refractivity contribution in [1.29, 1.82) is 0 Å². The molecule has 0 unspecified atom stereocenters. The first-order chi connectivity index (χ1) is 18.6. The number of carbonyl (C=O) groups excluding carboxylic acids is 2. The van der Waals surface area contributed by atoms with Gasteiger partial charge in [0, 0.05) is 35.6 Å². The molecule has 0 saturated carbocycles. The SMILES string of the molecule is CCOc1ccc(C(=O)N(CCN(C(=O)c2ccc(OCC)cc2)c2ccccc2)c2ccccc2)cc1. The summed E-state index contributed by atoms with van der Waals surface area (Å²) in [5, 5.41) is 0. The molecule has 0 fully saturated rings. The van der Waals surface area contributed by atoms with E-state index in [-0.39, 0.29) is 11.8 Å². The normalized spacial score (nSPS) is 10.5. The van der Waals surface area contributed by atoms with Crippen molar-refractivity contribution < 1.29 is 19.1 Å². The molecule has 4 aromatic carbocycles. The number of benzene rings is 4. The zero-order chi connectivity index (χ0) is 26.7. The molecule has 2 amide bonds. The molecular weight excluding hydrogens is 476 g/mol. The number of nitrogens with zero attached hydrogens (tertiary/aromatic N) is 2. The molecule has 0 bridgehead atoms. The first kappa shape index (κ1) is 26.5. The molecule has 6 heteroatoms. The molecule has 194 valence electrons. The molecule has 0 aromatic heterocycles. The van der Waals surface area contributed by atoms with Crippen LogP contribution in [0.25, 0.3) is 0 Å². The van der Waals surface area contributed by atoms with E-state index in [1.165, 1.54) is 0 Å². The van der Waals surface area contributed by atoms with Crippen molar-refractivity contribution in [1.82, 2.24) is 0 Å². The summed E-state index contributed by atoms with van der Waals surface area (Å²) < 4.78 is 11.1. The standard InChI is InChI=1S/C32H32N2O4/c1-3-37-29-19-15-25(16-20-29)31(35)33(27-11-7-5-8-12-27)23-24-34(28-13-9-6-10-14-28)32(36)26-17-21-30(22-18-26)38-4-2/h5-22H,3-4,23-24H2,1-2H3. The molecule has 0 radical (unpaired) electrons. The van der Waals surface area contributed by atoms with Gasteiger partial charge in [0.05, 0.1) is 13.2 Å². The lowest BCUT2D eigenvalue weighted by Crippen LogP contribution is -2.41. The maximum atomic E-state index is 13.7. The summed E-state index contributed by atoms with van der Waals surface area (Å²) in [4.78, 5) is 30.8. The van der Waals surface area contributed by atoms with Gasteiger partial charge in [0.1, 0.15) is 11.5 Å². The van der Waals surface area contributed by atoms with Crippen LogP contribution in [0.1, 0.15) is 34.6 Å². The van der Waals surface area contributed by atoms with E-state index in [1.807, 2.05) is 74.5 Å². The molecule has 4 rings (SSSR count). The van der Waals surface area contributed by atoms with Gasteiger partial charge in [0.25, 0.3) is 11.8 Å². The van der Waals surface area contributed by atoms with Crippen LogP contribution in [0.4, 0.5) is 11.4 Å². The van der Waals surface area contributed by atoms with Crippen LogP contribution in [0.15, 0.2) is 109 Å². The molecule has 0 aliphatic carbocycles. The first-order valence-corrected chi connectivity index (χ1v) is 12.8. The van der Waals surface area contributed by atoms with Gasteiger partial charge in [-0.1, -0.05) is 36.4 Å². The zero-order valence-corrected chi connectivity index (χ0v) is 21.7. The highest BCUT2D eigenvalue weighted by Crippen LogP contribution is 2.22. The predicted octanol–water partition coefficient (Wildman–Crippen LogP) is 6.48. The Kier molecular flexibility index (Phi) is 9.13. The Morgan fingerprint density at radius 2 is 0.868 bits per heavy atom. The third-order valence-electron chi connectivity index (χ3n) is 6.00. The van der Waals surface area contributed by atoms with Crippen molar-refractivity contribution in [3.63, 3.8) is 0 Å². The summed E-state index contributed by atoms with van der Waals surface area (Å²) in [6.07, 6.45) is 0. The fourth-order valence-electron chi connectivity index (χ4n) is 4.14. The van der Waals surface area contributed by atoms with Gasteiger partial charge in [-0.2, -0.15) is 0 Å². The van der Waals surface area contributed by atoms with Gasteiger partial charge < -0.3 is 19.3 Å². The third kappa shape index (κ3) is 6.59. The van der Waals surface area contributed by atoms with Crippen LogP contribution in [0, 0.1) is 0 Å². The Bertz CT molecular complexity index is 1200. The molecule has 0 aliphatic rings. The number of ether oxygens (including phenoxy) is 2. The van der Waals surface area contributed by atoms with Gasteiger partial charge in [0.15, 0.2) is 0 Å². The maximum Gasteiger partial charge on any atom is 0.258 e. The minimum absolute atomic E-state index is 0.152. The van der Waals surface area contributed by atoms with Crippen molar-refractivity contribution >= 4 is 23.2 Å². The van der Waals surface area contributed by atoms with Gasteiger partial charge >= 0.3 is 0 Å². The average Bonchev–Trinajstić information content (AvgIpc) is 2.97. The Morgan fingerprint density at radius 1 is 0.526 bits per heavy atom. The summed E-state index contributed by atoms with van der Waals surface area (Å²) >= 11 is 0. The molecule has 0 spiro atoms. The highest BCUT2D eigenvalue weighted by Gasteiger charge is 2.23.